The molecule has 1 fully saturated rings. The summed E-state index contributed by atoms with van der Waals surface area (Å²) in [5.41, 5.74) is 6.58. The maximum Gasteiger partial charge on any atom is 0.233 e. The lowest BCUT2D eigenvalue weighted by Crippen LogP contribution is -2.49. The van der Waals surface area contributed by atoms with Crippen molar-refractivity contribution in [1.29, 1.82) is 0 Å². The molecule has 6 heteroatoms. The van der Waals surface area contributed by atoms with Gasteiger partial charge in [-0.2, -0.15) is 0 Å². The van der Waals surface area contributed by atoms with Crippen LogP contribution in [0.2, 0.25) is 5.02 Å². The van der Waals surface area contributed by atoms with Gasteiger partial charge in [0, 0.05) is 37.9 Å². The van der Waals surface area contributed by atoms with Crippen molar-refractivity contribution in [3.8, 4) is 0 Å². The Hall–Kier alpha value is -0.810. The molecule has 0 spiro atoms. The van der Waals surface area contributed by atoms with E-state index in [-0.39, 0.29) is 24.4 Å². The second-order valence-electron chi connectivity index (χ2n) is 7.13. The smallest absolute Gasteiger partial charge is 0.233 e. The molecule has 0 radical (unpaired) electrons. The zero-order valence-electron chi connectivity index (χ0n) is 15.3. The van der Waals surface area contributed by atoms with Gasteiger partial charge in [-0.05, 0) is 42.9 Å². The van der Waals surface area contributed by atoms with Crippen molar-refractivity contribution in [2.45, 2.75) is 44.6 Å². The first-order valence-electron chi connectivity index (χ1n) is 8.72. The van der Waals surface area contributed by atoms with Gasteiger partial charge < -0.3 is 15.4 Å². The van der Waals surface area contributed by atoms with Gasteiger partial charge in [-0.1, -0.05) is 37.6 Å². The number of carbonyl (C=O) groups excluding carboxylic acids is 1. The third-order valence-corrected chi connectivity index (χ3v) is 5.37. The summed E-state index contributed by atoms with van der Waals surface area (Å²) in [4.78, 5) is 15.1. The van der Waals surface area contributed by atoms with Crippen molar-refractivity contribution in [2.24, 2.45) is 11.7 Å². The van der Waals surface area contributed by atoms with Gasteiger partial charge in [0.2, 0.25) is 5.91 Å². The molecule has 1 aromatic carbocycles. The number of likely N-dealkylation sites (N-methyl/N-ethyl adjacent to an activating group) is 1. The van der Waals surface area contributed by atoms with Gasteiger partial charge in [-0.15, -0.1) is 12.4 Å². The highest BCUT2D eigenvalue weighted by molar-refractivity contribution is 6.30. The SMILES string of the molecule is CC(C)C(N)CCN(C)C(=O)C1(c2cccc(Cl)c2)CCOCC1.Cl. The molecule has 142 valence electrons. The summed E-state index contributed by atoms with van der Waals surface area (Å²) in [6.45, 7) is 6.08. The number of nitrogens with zero attached hydrogens (tertiary/aromatic N) is 1. The lowest BCUT2D eigenvalue weighted by atomic mass is 9.73. The van der Waals surface area contributed by atoms with Crippen LogP contribution in [0.4, 0.5) is 0 Å². The largest absolute Gasteiger partial charge is 0.381 e. The third-order valence-electron chi connectivity index (χ3n) is 5.13. The van der Waals surface area contributed by atoms with E-state index in [0.717, 1.165) is 12.0 Å². The minimum absolute atomic E-state index is 0. The van der Waals surface area contributed by atoms with Gasteiger partial charge in [0.25, 0.3) is 0 Å². The number of halogens is 2. The maximum atomic E-state index is 13.3. The van der Waals surface area contributed by atoms with Crippen LogP contribution >= 0.6 is 24.0 Å². The zero-order chi connectivity index (χ0) is 17.7. The van der Waals surface area contributed by atoms with Crippen LogP contribution in [0, 0.1) is 5.92 Å². The zero-order valence-corrected chi connectivity index (χ0v) is 16.9. The topological polar surface area (TPSA) is 55.6 Å². The van der Waals surface area contributed by atoms with Crippen LogP contribution in [-0.4, -0.2) is 43.7 Å². The number of nitrogens with two attached hydrogens (primary N) is 1. The van der Waals surface area contributed by atoms with E-state index in [1.165, 1.54) is 0 Å². The fourth-order valence-corrected chi connectivity index (χ4v) is 3.47. The Balaban J connectivity index is 0.00000312. The number of amides is 1. The predicted molar refractivity (Wildman–Crippen MR) is 105 cm³/mol. The molecule has 2 N–H and O–H groups in total. The molecule has 0 bridgehead atoms. The summed E-state index contributed by atoms with van der Waals surface area (Å²) < 4.78 is 5.51. The molecule has 1 saturated heterocycles. The molecule has 1 amide bonds. The summed E-state index contributed by atoms with van der Waals surface area (Å²) in [5.74, 6) is 0.558. The highest BCUT2D eigenvalue weighted by Gasteiger charge is 2.43. The van der Waals surface area contributed by atoms with E-state index in [1.54, 1.807) is 0 Å². The average molecular weight is 389 g/mol. The first kappa shape index (κ1) is 22.2. The lowest BCUT2D eigenvalue weighted by molar-refractivity contribution is -0.140. The molecule has 1 aliphatic rings. The number of rotatable bonds is 6. The number of benzene rings is 1. The van der Waals surface area contributed by atoms with Crippen LogP contribution in [0.5, 0.6) is 0 Å². The molecule has 1 atom stereocenters. The van der Waals surface area contributed by atoms with E-state index in [0.29, 0.717) is 43.5 Å². The first-order chi connectivity index (χ1) is 11.4. The minimum Gasteiger partial charge on any atom is -0.381 e. The molecule has 1 aliphatic heterocycles. The van der Waals surface area contributed by atoms with Gasteiger partial charge in [0.05, 0.1) is 5.41 Å². The molecule has 1 heterocycles. The molecule has 0 saturated carbocycles. The lowest BCUT2D eigenvalue weighted by Gasteiger charge is -2.39. The Labute approximate surface area is 162 Å². The fraction of sp³-hybridized carbons (Fsp3) is 0.632. The van der Waals surface area contributed by atoms with Crippen LogP contribution < -0.4 is 5.73 Å². The molecule has 0 aliphatic carbocycles. The van der Waals surface area contributed by atoms with Crippen molar-refractivity contribution in [3.05, 3.63) is 34.9 Å². The van der Waals surface area contributed by atoms with E-state index in [2.05, 4.69) is 13.8 Å². The van der Waals surface area contributed by atoms with Crippen LogP contribution in [0.15, 0.2) is 24.3 Å². The maximum absolute atomic E-state index is 13.3. The van der Waals surface area contributed by atoms with Crippen LogP contribution in [0.1, 0.15) is 38.7 Å². The van der Waals surface area contributed by atoms with Gasteiger partial charge in [-0.3, -0.25) is 4.79 Å². The summed E-state index contributed by atoms with van der Waals surface area (Å²) in [5, 5.41) is 0.663. The van der Waals surface area contributed by atoms with Crippen LogP contribution in [-0.2, 0) is 14.9 Å². The van der Waals surface area contributed by atoms with Crippen molar-refractivity contribution in [3.63, 3.8) is 0 Å². The van der Waals surface area contributed by atoms with Gasteiger partial charge in [0.1, 0.15) is 0 Å². The Morgan fingerprint density at radius 3 is 2.56 bits per heavy atom. The Morgan fingerprint density at radius 1 is 1.36 bits per heavy atom. The van der Waals surface area contributed by atoms with Gasteiger partial charge >= 0.3 is 0 Å². The standard InChI is InChI=1S/C19H29ClN2O2.ClH/c1-14(2)17(21)7-10-22(3)18(23)19(8-11-24-12-9-19)15-5-4-6-16(20)13-15;/h4-6,13-14,17H,7-12,21H2,1-3H3;1H. The van der Waals surface area contributed by atoms with E-state index in [1.807, 2.05) is 36.2 Å². The van der Waals surface area contributed by atoms with Crippen molar-refractivity contribution >= 4 is 29.9 Å². The molecule has 2 rings (SSSR count). The van der Waals surface area contributed by atoms with Gasteiger partial charge in [0.15, 0.2) is 0 Å². The summed E-state index contributed by atoms with van der Waals surface area (Å²) in [6.07, 6.45) is 2.18. The van der Waals surface area contributed by atoms with Crippen molar-refractivity contribution in [2.75, 3.05) is 26.8 Å². The number of ether oxygens (including phenoxy) is 1. The number of hydrogen-bond donors (Lipinski definition) is 1. The number of carbonyl (C=O) groups is 1. The number of hydrogen-bond acceptors (Lipinski definition) is 3. The molecular weight excluding hydrogens is 359 g/mol. The Morgan fingerprint density at radius 2 is 2.00 bits per heavy atom. The summed E-state index contributed by atoms with van der Waals surface area (Å²) >= 11 is 6.18. The van der Waals surface area contributed by atoms with E-state index >= 15 is 0 Å². The van der Waals surface area contributed by atoms with Crippen LogP contribution in [0.25, 0.3) is 0 Å². The summed E-state index contributed by atoms with van der Waals surface area (Å²) in [7, 11) is 1.87. The molecular formula is C19H30Cl2N2O2. The third kappa shape index (κ3) is 5.33. The van der Waals surface area contributed by atoms with Crippen molar-refractivity contribution < 1.29 is 9.53 Å². The Kier molecular flexibility index (Phi) is 8.69. The monoisotopic (exact) mass is 388 g/mol. The fourth-order valence-electron chi connectivity index (χ4n) is 3.27. The van der Waals surface area contributed by atoms with Crippen molar-refractivity contribution in [1.82, 2.24) is 4.90 Å². The highest BCUT2D eigenvalue weighted by atomic mass is 35.5. The predicted octanol–water partition coefficient (Wildman–Crippen LogP) is 3.64. The van der Waals surface area contributed by atoms with E-state index in [9.17, 15) is 4.79 Å². The van der Waals surface area contributed by atoms with Gasteiger partial charge in [-0.25, -0.2) is 0 Å². The highest BCUT2D eigenvalue weighted by Crippen LogP contribution is 2.37. The second-order valence-corrected chi connectivity index (χ2v) is 7.56. The molecule has 4 nitrogen and oxygen atoms in total. The Bertz CT molecular complexity index is 560. The van der Waals surface area contributed by atoms with Crippen LogP contribution in [0.3, 0.4) is 0 Å². The summed E-state index contributed by atoms with van der Waals surface area (Å²) in [6, 6.07) is 7.78. The quantitative estimate of drug-likeness (QED) is 0.808. The molecule has 25 heavy (non-hydrogen) atoms. The normalized spacial score (nSPS) is 17.7. The molecule has 0 aromatic heterocycles. The van der Waals surface area contributed by atoms with E-state index in [4.69, 9.17) is 22.1 Å². The minimum atomic E-state index is -0.542. The van der Waals surface area contributed by atoms with E-state index < -0.39 is 5.41 Å². The average Bonchev–Trinajstić information content (AvgIpc) is 2.59. The molecule has 1 unspecified atom stereocenters. The second kappa shape index (κ2) is 9.77. The first-order valence-corrected chi connectivity index (χ1v) is 9.09. The molecule has 1 aromatic rings.